The van der Waals surface area contributed by atoms with Gasteiger partial charge < -0.3 is 19.3 Å². The highest BCUT2D eigenvalue weighted by atomic mass is 35.5. The van der Waals surface area contributed by atoms with Gasteiger partial charge in [-0.05, 0) is 48.9 Å². The molecule has 3 aromatic rings. The van der Waals surface area contributed by atoms with E-state index in [0.717, 1.165) is 5.56 Å². The van der Waals surface area contributed by atoms with Crippen LogP contribution in [-0.2, 0) is 16.1 Å². The van der Waals surface area contributed by atoms with Crippen molar-refractivity contribution in [3.63, 3.8) is 0 Å². The Balaban J connectivity index is 1.46. The maximum absolute atomic E-state index is 12.0. The first kappa shape index (κ1) is 19.4. The lowest BCUT2D eigenvalue weighted by Crippen LogP contribution is -2.21. The van der Waals surface area contributed by atoms with Crippen LogP contribution in [0.2, 0.25) is 5.02 Å². The first-order chi connectivity index (χ1) is 13.5. The highest BCUT2D eigenvalue weighted by Crippen LogP contribution is 2.17. The number of benzene rings is 2. The highest BCUT2D eigenvalue weighted by Gasteiger charge is 2.12. The Kier molecular flexibility index (Phi) is 6.29. The number of aromatic nitrogens is 1. The number of nitrogens with zero attached hydrogens (tertiary/aromatic N) is 1. The zero-order chi connectivity index (χ0) is 19.9. The number of ether oxygens (including phenoxy) is 2. The molecule has 1 amide bonds. The average molecular weight is 401 g/mol. The number of nitrogens with one attached hydrogen (secondary N) is 1. The third-order valence-electron chi connectivity index (χ3n) is 3.64. The van der Waals surface area contributed by atoms with Gasteiger partial charge in [0, 0.05) is 11.1 Å². The second-order valence-corrected chi connectivity index (χ2v) is 6.32. The van der Waals surface area contributed by atoms with Crippen LogP contribution in [-0.4, -0.2) is 23.6 Å². The summed E-state index contributed by atoms with van der Waals surface area (Å²) in [6, 6.07) is 15.3. The second kappa shape index (κ2) is 9.05. The van der Waals surface area contributed by atoms with Gasteiger partial charge in [0.25, 0.3) is 5.91 Å². The predicted molar refractivity (Wildman–Crippen MR) is 102 cm³/mol. The van der Waals surface area contributed by atoms with E-state index in [1.165, 1.54) is 0 Å². The average Bonchev–Trinajstić information content (AvgIpc) is 3.10. The molecule has 0 spiro atoms. The lowest BCUT2D eigenvalue weighted by atomic mass is 10.1. The zero-order valence-electron chi connectivity index (χ0n) is 15.0. The number of anilines is 1. The predicted octanol–water partition coefficient (Wildman–Crippen LogP) is 4.01. The molecule has 0 saturated heterocycles. The topological polar surface area (TPSA) is 90.7 Å². The molecule has 7 nitrogen and oxygen atoms in total. The number of hydrogen-bond acceptors (Lipinski definition) is 6. The Bertz CT molecular complexity index is 951. The van der Waals surface area contributed by atoms with Gasteiger partial charge in [-0.3, -0.25) is 4.79 Å². The molecular formula is C20H17ClN2O5. The molecular weight excluding hydrogens is 384 g/mol. The fourth-order valence-corrected chi connectivity index (χ4v) is 2.38. The van der Waals surface area contributed by atoms with Crippen molar-refractivity contribution in [3.8, 4) is 5.75 Å². The summed E-state index contributed by atoms with van der Waals surface area (Å²) in [5.41, 5.74) is 1.21. The second-order valence-electron chi connectivity index (χ2n) is 5.89. The van der Waals surface area contributed by atoms with Crippen molar-refractivity contribution in [1.82, 2.24) is 5.16 Å². The Morgan fingerprint density at radius 1 is 1.11 bits per heavy atom. The van der Waals surface area contributed by atoms with E-state index >= 15 is 0 Å². The summed E-state index contributed by atoms with van der Waals surface area (Å²) in [6.45, 7) is 1.62. The van der Waals surface area contributed by atoms with Crippen molar-refractivity contribution in [2.24, 2.45) is 0 Å². The van der Waals surface area contributed by atoms with Gasteiger partial charge in [0.15, 0.2) is 12.4 Å². The van der Waals surface area contributed by atoms with Crippen LogP contribution in [0, 0.1) is 6.92 Å². The lowest BCUT2D eigenvalue weighted by molar-refractivity contribution is -0.119. The molecule has 28 heavy (non-hydrogen) atoms. The molecule has 1 aromatic heterocycles. The van der Waals surface area contributed by atoms with E-state index in [9.17, 15) is 9.59 Å². The number of esters is 1. The van der Waals surface area contributed by atoms with Crippen LogP contribution in [0.15, 0.2) is 59.1 Å². The van der Waals surface area contributed by atoms with E-state index in [1.807, 2.05) is 0 Å². The minimum Gasteiger partial charge on any atom is -0.489 e. The van der Waals surface area contributed by atoms with Crippen molar-refractivity contribution in [3.05, 3.63) is 76.5 Å². The van der Waals surface area contributed by atoms with Crippen LogP contribution in [0.1, 0.15) is 21.7 Å². The Morgan fingerprint density at radius 2 is 1.82 bits per heavy atom. The van der Waals surface area contributed by atoms with Gasteiger partial charge in [0.1, 0.15) is 18.1 Å². The first-order valence-corrected chi connectivity index (χ1v) is 8.75. The Labute approximate surface area is 166 Å². The standard InChI is InChI=1S/C20H17ClN2O5/c1-13-10-18(23-28-13)22-19(24)12-27-20(25)15-4-2-14(3-5-15)11-26-17-8-6-16(21)7-9-17/h2-10H,11-12H2,1H3,(H,22,23,24). The molecule has 0 unspecified atom stereocenters. The van der Waals surface area contributed by atoms with Crippen molar-refractivity contribution in [2.45, 2.75) is 13.5 Å². The van der Waals surface area contributed by atoms with E-state index in [1.54, 1.807) is 61.5 Å². The van der Waals surface area contributed by atoms with Crippen LogP contribution >= 0.6 is 11.6 Å². The molecule has 0 fully saturated rings. The number of carbonyl (C=O) groups is 2. The third-order valence-corrected chi connectivity index (χ3v) is 3.89. The molecule has 0 radical (unpaired) electrons. The van der Waals surface area contributed by atoms with Gasteiger partial charge >= 0.3 is 5.97 Å². The van der Waals surface area contributed by atoms with Gasteiger partial charge in [-0.15, -0.1) is 0 Å². The molecule has 0 saturated carbocycles. The number of rotatable bonds is 7. The molecule has 0 aliphatic carbocycles. The third kappa shape index (κ3) is 5.59. The van der Waals surface area contributed by atoms with Crippen molar-refractivity contribution >= 4 is 29.3 Å². The molecule has 3 rings (SSSR count). The summed E-state index contributed by atoms with van der Waals surface area (Å²) in [6.07, 6.45) is 0. The largest absolute Gasteiger partial charge is 0.489 e. The molecule has 1 N–H and O–H groups in total. The SMILES string of the molecule is Cc1cc(NC(=O)COC(=O)c2ccc(COc3ccc(Cl)cc3)cc2)no1. The monoisotopic (exact) mass is 400 g/mol. The molecule has 8 heteroatoms. The number of amides is 1. The first-order valence-electron chi connectivity index (χ1n) is 8.37. The van der Waals surface area contributed by atoms with E-state index in [2.05, 4.69) is 10.5 Å². The summed E-state index contributed by atoms with van der Waals surface area (Å²) in [7, 11) is 0. The van der Waals surface area contributed by atoms with Crippen LogP contribution < -0.4 is 10.1 Å². The normalized spacial score (nSPS) is 10.4. The summed E-state index contributed by atoms with van der Waals surface area (Å²) >= 11 is 5.83. The highest BCUT2D eigenvalue weighted by molar-refractivity contribution is 6.30. The van der Waals surface area contributed by atoms with Crippen molar-refractivity contribution in [1.29, 1.82) is 0 Å². The Morgan fingerprint density at radius 3 is 2.46 bits per heavy atom. The molecule has 1 heterocycles. The number of halogens is 1. The summed E-state index contributed by atoms with van der Waals surface area (Å²) < 4.78 is 15.5. The zero-order valence-corrected chi connectivity index (χ0v) is 15.7. The fraction of sp³-hybridized carbons (Fsp3) is 0.150. The quantitative estimate of drug-likeness (QED) is 0.602. The van der Waals surface area contributed by atoms with Crippen molar-refractivity contribution < 1.29 is 23.6 Å². The van der Waals surface area contributed by atoms with E-state index in [-0.39, 0.29) is 5.82 Å². The molecule has 0 aliphatic rings. The van der Waals surface area contributed by atoms with Gasteiger partial charge in [-0.1, -0.05) is 28.9 Å². The minimum atomic E-state index is -0.600. The van der Waals surface area contributed by atoms with Crippen LogP contribution in [0.25, 0.3) is 0 Å². The van der Waals surface area contributed by atoms with Crippen molar-refractivity contribution in [2.75, 3.05) is 11.9 Å². The van der Waals surface area contributed by atoms with Gasteiger partial charge in [-0.2, -0.15) is 0 Å². The maximum atomic E-state index is 12.0. The summed E-state index contributed by atoms with van der Waals surface area (Å²) in [5, 5.41) is 6.74. The molecule has 144 valence electrons. The molecule has 2 aromatic carbocycles. The maximum Gasteiger partial charge on any atom is 0.338 e. The van der Waals surface area contributed by atoms with Gasteiger partial charge in [0.05, 0.1) is 5.56 Å². The summed E-state index contributed by atoms with van der Waals surface area (Å²) in [4.78, 5) is 23.8. The Hall–Kier alpha value is -3.32. The van der Waals surface area contributed by atoms with E-state index in [4.69, 9.17) is 25.6 Å². The van der Waals surface area contributed by atoms with Crippen LogP contribution in [0.4, 0.5) is 5.82 Å². The molecule has 0 atom stereocenters. The number of carbonyl (C=O) groups excluding carboxylic acids is 2. The van der Waals surface area contributed by atoms with E-state index < -0.39 is 18.5 Å². The summed E-state index contributed by atoms with van der Waals surface area (Å²) in [5.74, 6) is 0.420. The number of hydrogen-bond donors (Lipinski definition) is 1. The lowest BCUT2D eigenvalue weighted by Gasteiger charge is -2.08. The van der Waals surface area contributed by atoms with Crippen LogP contribution in [0.5, 0.6) is 5.75 Å². The van der Waals surface area contributed by atoms with Gasteiger partial charge in [-0.25, -0.2) is 4.79 Å². The number of aryl methyl sites for hydroxylation is 1. The van der Waals surface area contributed by atoms with Crippen LogP contribution in [0.3, 0.4) is 0 Å². The smallest absolute Gasteiger partial charge is 0.338 e. The van der Waals surface area contributed by atoms with E-state index in [0.29, 0.717) is 28.7 Å². The minimum absolute atomic E-state index is 0.267. The van der Waals surface area contributed by atoms with Gasteiger partial charge in [0.2, 0.25) is 0 Å². The molecule has 0 aliphatic heterocycles. The fourth-order valence-electron chi connectivity index (χ4n) is 2.25. The molecule has 0 bridgehead atoms.